The Hall–Kier alpha value is -1.93. The molecule has 9 heteroatoms. The van der Waals surface area contributed by atoms with Crippen LogP contribution in [-0.2, 0) is 14.3 Å². The lowest BCUT2D eigenvalue weighted by Crippen LogP contribution is -2.54. The summed E-state index contributed by atoms with van der Waals surface area (Å²) in [6.07, 6.45) is 8.57. The second-order valence-electron chi connectivity index (χ2n) is 11.5. The van der Waals surface area contributed by atoms with Gasteiger partial charge in [-0.3, -0.25) is 9.59 Å². The topological polar surface area (TPSA) is 88.6 Å². The molecule has 1 aromatic rings. The minimum atomic E-state index is -0.413. The molecule has 196 valence electrons. The maximum Gasteiger partial charge on any atom is 0.350 e. The molecule has 0 bridgehead atoms. The Labute approximate surface area is 222 Å². The van der Waals surface area contributed by atoms with E-state index in [0.29, 0.717) is 53.1 Å². The fourth-order valence-corrected chi connectivity index (χ4v) is 9.39. The minimum absolute atomic E-state index is 0.0444. The zero-order valence-corrected chi connectivity index (χ0v) is 23.1. The number of fused-ring (bicyclic) bond motifs is 5. The molecule has 1 N–H and O–H groups in total. The van der Waals surface area contributed by atoms with E-state index < -0.39 is 5.97 Å². The van der Waals surface area contributed by atoms with Crippen LogP contribution in [0.2, 0.25) is 0 Å². The Bertz CT molecular complexity index is 1120. The smallest absolute Gasteiger partial charge is 0.350 e. The van der Waals surface area contributed by atoms with E-state index in [2.05, 4.69) is 24.1 Å². The molecule has 0 aromatic carbocycles. The average Bonchev–Trinajstić information content (AvgIpc) is 3.41. The molecular formula is C27H36ClN3O4S. The zero-order chi connectivity index (χ0) is 25.8. The molecule has 0 spiro atoms. The predicted molar refractivity (Wildman–Crippen MR) is 139 cm³/mol. The van der Waals surface area contributed by atoms with Gasteiger partial charge in [0, 0.05) is 36.0 Å². The van der Waals surface area contributed by atoms with Gasteiger partial charge in [0.2, 0.25) is 11.8 Å². The van der Waals surface area contributed by atoms with Gasteiger partial charge in [-0.1, -0.05) is 36.8 Å². The quantitative estimate of drug-likeness (QED) is 0.482. The van der Waals surface area contributed by atoms with Crippen molar-refractivity contribution in [1.29, 1.82) is 0 Å². The van der Waals surface area contributed by atoms with E-state index in [-0.39, 0.29) is 22.6 Å². The number of anilines is 1. The number of aromatic nitrogens is 1. The molecular weight excluding hydrogens is 498 g/mol. The van der Waals surface area contributed by atoms with Gasteiger partial charge in [0.25, 0.3) is 0 Å². The third kappa shape index (κ3) is 4.08. The lowest BCUT2D eigenvalue weighted by molar-refractivity contribution is -0.136. The van der Waals surface area contributed by atoms with E-state index in [4.69, 9.17) is 16.3 Å². The Balaban J connectivity index is 1.29. The van der Waals surface area contributed by atoms with E-state index in [9.17, 15) is 14.4 Å². The van der Waals surface area contributed by atoms with Gasteiger partial charge in [-0.2, -0.15) is 0 Å². The summed E-state index contributed by atoms with van der Waals surface area (Å²) >= 11 is 8.08. The standard InChI is InChI=1S/C27H36ClN3O4S/c1-5-35-24(34)20-14-29-25(36-20)30-21(32)12-15-6-7-17-16-13-19(28)23-27(3,11-9-22(33)31(23)4)18(16)8-10-26(15,17)2/h14-18H,5-13H2,1-4H3,(H,29,30,32)/t15-,16?,17+,18?,26-,27-/m1/s1. The lowest BCUT2D eigenvalue weighted by Gasteiger charge is -2.59. The van der Waals surface area contributed by atoms with E-state index in [1.165, 1.54) is 6.20 Å². The molecule has 2 heterocycles. The third-order valence-corrected chi connectivity index (χ3v) is 11.1. The Morgan fingerprint density at radius 1 is 1.25 bits per heavy atom. The highest BCUT2D eigenvalue weighted by atomic mass is 35.5. The van der Waals surface area contributed by atoms with Crippen LogP contribution in [0.1, 0.15) is 81.8 Å². The van der Waals surface area contributed by atoms with Crippen LogP contribution in [0.5, 0.6) is 0 Å². The van der Waals surface area contributed by atoms with Crippen molar-refractivity contribution in [2.45, 2.75) is 72.1 Å². The van der Waals surface area contributed by atoms with Crippen molar-refractivity contribution in [2.24, 2.45) is 34.5 Å². The van der Waals surface area contributed by atoms with Gasteiger partial charge in [0.05, 0.1) is 12.8 Å². The van der Waals surface area contributed by atoms with Crippen molar-refractivity contribution < 1.29 is 19.1 Å². The first-order valence-electron chi connectivity index (χ1n) is 13.2. The highest BCUT2D eigenvalue weighted by molar-refractivity contribution is 7.17. The number of carbonyl (C=O) groups is 3. The molecule has 7 nitrogen and oxygen atoms in total. The lowest BCUT2D eigenvalue weighted by atomic mass is 9.49. The van der Waals surface area contributed by atoms with Gasteiger partial charge in [0.1, 0.15) is 4.88 Å². The van der Waals surface area contributed by atoms with E-state index in [1.54, 1.807) is 6.92 Å². The summed E-state index contributed by atoms with van der Waals surface area (Å²) < 4.78 is 5.02. The summed E-state index contributed by atoms with van der Waals surface area (Å²) in [4.78, 5) is 43.8. The highest BCUT2D eigenvalue weighted by Gasteiger charge is 2.60. The molecule has 3 fully saturated rings. The highest BCUT2D eigenvalue weighted by Crippen LogP contribution is 2.67. The zero-order valence-electron chi connectivity index (χ0n) is 21.6. The molecule has 2 unspecified atom stereocenters. The van der Waals surface area contributed by atoms with Gasteiger partial charge in [-0.05, 0) is 74.5 Å². The van der Waals surface area contributed by atoms with Crippen molar-refractivity contribution in [1.82, 2.24) is 9.88 Å². The maximum atomic E-state index is 13.0. The van der Waals surface area contributed by atoms with Crippen molar-refractivity contribution in [3.8, 4) is 0 Å². The molecule has 36 heavy (non-hydrogen) atoms. The Kier molecular flexibility index (Phi) is 6.73. The maximum absolute atomic E-state index is 13.0. The number of carbonyl (C=O) groups excluding carboxylic acids is 3. The van der Waals surface area contributed by atoms with Gasteiger partial charge >= 0.3 is 5.97 Å². The Morgan fingerprint density at radius 2 is 2.03 bits per heavy atom. The summed E-state index contributed by atoms with van der Waals surface area (Å²) in [7, 11) is 1.88. The number of amides is 2. The fraction of sp³-hybridized carbons (Fsp3) is 0.704. The summed E-state index contributed by atoms with van der Waals surface area (Å²) in [6, 6.07) is 0. The van der Waals surface area contributed by atoms with Crippen LogP contribution < -0.4 is 5.32 Å². The first kappa shape index (κ1) is 25.7. The van der Waals surface area contributed by atoms with Crippen LogP contribution in [0.25, 0.3) is 0 Å². The molecule has 1 aliphatic heterocycles. The average molecular weight is 534 g/mol. The number of hydrogen-bond acceptors (Lipinski definition) is 6. The molecule has 6 atom stereocenters. The monoisotopic (exact) mass is 533 g/mol. The van der Waals surface area contributed by atoms with E-state index in [0.717, 1.165) is 60.6 Å². The van der Waals surface area contributed by atoms with Gasteiger partial charge in [-0.15, -0.1) is 0 Å². The number of ether oxygens (including phenoxy) is 1. The number of nitrogens with one attached hydrogen (secondary N) is 1. The molecule has 2 saturated carbocycles. The first-order valence-corrected chi connectivity index (χ1v) is 14.4. The second kappa shape index (κ2) is 9.43. The molecule has 4 aliphatic rings. The number of likely N-dealkylation sites (tertiary alicyclic amines) is 1. The molecule has 1 aromatic heterocycles. The molecule has 5 rings (SSSR count). The van der Waals surface area contributed by atoms with Crippen LogP contribution in [0.15, 0.2) is 16.9 Å². The van der Waals surface area contributed by atoms with E-state index >= 15 is 0 Å². The largest absolute Gasteiger partial charge is 0.462 e. The summed E-state index contributed by atoms with van der Waals surface area (Å²) in [5, 5.41) is 4.21. The van der Waals surface area contributed by atoms with Crippen LogP contribution in [0.4, 0.5) is 5.13 Å². The van der Waals surface area contributed by atoms with Gasteiger partial charge < -0.3 is 15.0 Å². The molecule has 3 aliphatic carbocycles. The SMILES string of the molecule is CCOC(=O)c1cnc(NC(=O)C[C@H]2CC[C@H]3C4CC(Cl)=C5N(C)C(=O)CC[C@]5(C)C4CC[C@]23C)s1. The van der Waals surface area contributed by atoms with Gasteiger partial charge in [-0.25, -0.2) is 9.78 Å². The molecule has 2 amide bonds. The third-order valence-electron chi connectivity index (χ3n) is 9.89. The number of halogens is 1. The van der Waals surface area contributed by atoms with Crippen LogP contribution >= 0.6 is 22.9 Å². The second-order valence-corrected chi connectivity index (χ2v) is 13.0. The first-order chi connectivity index (χ1) is 17.1. The van der Waals surface area contributed by atoms with Crippen LogP contribution in [-0.4, -0.2) is 41.3 Å². The van der Waals surface area contributed by atoms with Crippen LogP contribution in [0, 0.1) is 34.5 Å². The number of allylic oxidation sites excluding steroid dienone is 2. The number of piperidine rings is 1. The summed E-state index contributed by atoms with van der Waals surface area (Å²) in [5.41, 5.74) is 1.10. The van der Waals surface area contributed by atoms with Crippen molar-refractivity contribution in [3.63, 3.8) is 0 Å². The predicted octanol–water partition coefficient (Wildman–Crippen LogP) is 5.82. The molecule has 0 radical (unpaired) electrons. The normalized spacial score (nSPS) is 35.7. The van der Waals surface area contributed by atoms with Crippen molar-refractivity contribution >= 4 is 45.9 Å². The van der Waals surface area contributed by atoms with Crippen molar-refractivity contribution in [3.05, 3.63) is 21.8 Å². The Morgan fingerprint density at radius 3 is 2.78 bits per heavy atom. The van der Waals surface area contributed by atoms with Crippen LogP contribution in [0.3, 0.4) is 0 Å². The van der Waals surface area contributed by atoms with Crippen molar-refractivity contribution in [2.75, 3.05) is 19.0 Å². The number of hydrogen-bond donors (Lipinski definition) is 1. The minimum Gasteiger partial charge on any atom is -0.462 e. The number of nitrogens with zero attached hydrogens (tertiary/aromatic N) is 2. The fourth-order valence-electron chi connectivity index (χ4n) is 8.15. The summed E-state index contributed by atoms with van der Waals surface area (Å²) in [5.74, 6) is 1.56. The molecule has 1 saturated heterocycles. The number of rotatable bonds is 5. The summed E-state index contributed by atoms with van der Waals surface area (Å²) in [6.45, 7) is 6.77. The number of thiazole rings is 1. The van der Waals surface area contributed by atoms with Gasteiger partial charge in [0.15, 0.2) is 5.13 Å². The van der Waals surface area contributed by atoms with E-state index in [1.807, 2.05) is 11.9 Å². The number of esters is 1.